The summed E-state index contributed by atoms with van der Waals surface area (Å²) in [6.07, 6.45) is 0. The number of rotatable bonds is 3. The summed E-state index contributed by atoms with van der Waals surface area (Å²) in [5.74, 6) is -1.41. The van der Waals surface area contributed by atoms with Gasteiger partial charge < -0.3 is 10.4 Å². The van der Waals surface area contributed by atoms with Gasteiger partial charge in [-0.05, 0) is 26.0 Å². The van der Waals surface area contributed by atoms with Crippen LogP contribution >= 0.6 is 0 Å². The number of hydrogen-bond acceptors (Lipinski definition) is 3. The molecule has 0 radical (unpaired) electrons. The second-order valence-electron chi connectivity index (χ2n) is 4.62. The van der Waals surface area contributed by atoms with E-state index in [0.29, 0.717) is 6.54 Å². The average Bonchev–Trinajstić information content (AvgIpc) is 2.61. The fourth-order valence-electron chi connectivity index (χ4n) is 2.03. The van der Waals surface area contributed by atoms with Gasteiger partial charge in [0.15, 0.2) is 0 Å². The number of halogens is 1. The zero-order chi connectivity index (χ0) is 14.9. The Kier molecular flexibility index (Phi) is 3.74. The van der Waals surface area contributed by atoms with Crippen LogP contribution in [0.25, 0.3) is 0 Å². The quantitative estimate of drug-likeness (QED) is 0.899. The first-order valence-corrected chi connectivity index (χ1v) is 6.16. The van der Waals surface area contributed by atoms with E-state index >= 15 is 0 Å². The van der Waals surface area contributed by atoms with E-state index in [-0.39, 0.29) is 11.3 Å². The number of phenols is 1. The van der Waals surface area contributed by atoms with Gasteiger partial charge in [-0.2, -0.15) is 5.10 Å². The maximum Gasteiger partial charge on any atom is 0.255 e. The Hall–Kier alpha value is -2.37. The third-order valence-corrected chi connectivity index (χ3v) is 3.29. The maximum atomic E-state index is 12.9. The highest BCUT2D eigenvalue weighted by molar-refractivity contribution is 5.96. The van der Waals surface area contributed by atoms with Gasteiger partial charge in [0.25, 0.3) is 5.91 Å². The van der Waals surface area contributed by atoms with Crippen molar-refractivity contribution in [2.24, 2.45) is 7.05 Å². The van der Waals surface area contributed by atoms with Crippen LogP contribution in [0.2, 0.25) is 0 Å². The zero-order valence-corrected chi connectivity index (χ0v) is 11.6. The summed E-state index contributed by atoms with van der Waals surface area (Å²) >= 11 is 0. The van der Waals surface area contributed by atoms with Crippen molar-refractivity contribution >= 4 is 5.91 Å². The summed E-state index contributed by atoms with van der Waals surface area (Å²) in [5, 5.41) is 16.5. The van der Waals surface area contributed by atoms with Crippen LogP contribution in [-0.2, 0) is 13.6 Å². The van der Waals surface area contributed by atoms with Crippen molar-refractivity contribution in [3.8, 4) is 5.75 Å². The number of nitrogens with zero attached hydrogens (tertiary/aromatic N) is 2. The second-order valence-corrected chi connectivity index (χ2v) is 4.62. The van der Waals surface area contributed by atoms with Crippen LogP contribution in [0, 0.1) is 19.7 Å². The van der Waals surface area contributed by atoms with Crippen molar-refractivity contribution in [3.63, 3.8) is 0 Å². The lowest BCUT2D eigenvalue weighted by Gasteiger charge is -2.07. The molecule has 6 heteroatoms. The molecule has 1 amide bonds. The van der Waals surface area contributed by atoms with Crippen molar-refractivity contribution in [1.29, 1.82) is 0 Å². The molecule has 0 unspecified atom stereocenters. The fraction of sp³-hybridized carbons (Fsp3) is 0.286. The monoisotopic (exact) mass is 277 g/mol. The summed E-state index contributed by atoms with van der Waals surface area (Å²) < 4.78 is 14.6. The zero-order valence-electron chi connectivity index (χ0n) is 11.6. The van der Waals surface area contributed by atoms with E-state index in [4.69, 9.17) is 0 Å². The highest BCUT2D eigenvalue weighted by Crippen LogP contribution is 2.18. The Morgan fingerprint density at radius 3 is 2.70 bits per heavy atom. The van der Waals surface area contributed by atoms with Crippen molar-refractivity contribution in [3.05, 3.63) is 46.5 Å². The number of carbonyl (C=O) groups is 1. The van der Waals surface area contributed by atoms with Crippen LogP contribution < -0.4 is 5.32 Å². The standard InChI is InChI=1S/C14H16FN3O2/c1-8-12(9(2)18(3)17-8)7-16-14(20)11-5-4-10(15)6-13(11)19/h4-6,19H,7H2,1-3H3,(H,16,20). The van der Waals surface area contributed by atoms with E-state index in [2.05, 4.69) is 10.4 Å². The van der Waals surface area contributed by atoms with E-state index in [1.165, 1.54) is 6.07 Å². The number of hydrogen-bond donors (Lipinski definition) is 2. The first-order chi connectivity index (χ1) is 9.40. The van der Waals surface area contributed by atoms with Crippen LogP contribution in [0.3, 0.4) is 0 Å². The molecule has 5 nitrogen and oxygen atoms in total. The van der Waals surface area contributed by atoms with Crippen LogP contribution in [0.5, 0.6) is 5.75 Å². The van der Waals surface area contributed by atoms with Crippen LogP contribution in [0.1, 0.15) is 27.3 Å². The highest BCUT2D eigenvalue weighted by Gasteiger charge is 2.14. The molecule has 0 atom stereocenters. The van der Waals surface area contributed by atoms with Crippen molar-refractivity contribution < 1.29 is 14.3 Å². The molecule has 2 rings (SSSR count). The number of aromatic nitrogens is 2. The van der Waals surface area contributed by atoms with E-state index in [0.717, 1.165) is 29.1 Å². The number of carbonyl (C=O) groups excluding carboxylic acids is 1. The van der Waals surface area contributed by atoms with Gasteiger partial charge in [-0.1, -0.05) is 0 Å². The molecule has 2 N–H and O–H groups in total. The molecule has 0 saturated heterocycles. The van der Waals surface area contributed by atoms with E-state index in [1.54, 1.807) is 4.68 Å². The average molecular weight is 277 g/mol. The molecule has 0 fully saturated rings. The first-order valence-electron chi connectivity index (χ1n) is 6.16. The molecular weight excluding hydrogens is 261 g/mol. The van der Waals surface area contributed by atoms with Gasteiger partial charge in [0, 0.05) is 30.9 Å². The molecule has 2 aromatic rings. The lowest BCUT2D eigenvalue weighted by molar-refractivity contribution is 0.0948. The van der Waals surface area contributed by atoms with Gasteiger partial charge in [-0.3, -0.25) is 9.48 Å². The summed E-state index contributed by atoms with van der Waals surface area (Å²) in [7, 11) is 1.83. The van der Waals surface area contributed by atoms with Crippen LogP contribution in [0.4, 0.5) is 4.39 Å². The third-order valence-electron chi connectivity index (χ3n) is 3.29. The molecule has 0 aliphatic heterocycles. The van der Waals surface area contributed by atoms with Crippen molar-refractivity contribution in [2.75, 3.05) is 0 Å². The summed E-state index contributed by atoms with van der Waals surface area (Å²) in [4.78, 5) is 12.0. The van der Waals surface area contributed by atoms with Crippen molar-refractivity contribution in [1.82, 2.24) is 15.1 Å². The smallest absolute Gasteiger partial charge is 0.255 e. The second kappa shape index (κ2) is 5.32. The highest BCUT2D eigenvalue weighted by atomic mass is 19.1. The summed E-state index contributed by atoms with van der Waals surface area (Å²) in [6.45, 7) is 4.09. The molecule has 1 aromatic carbocycles. The van der Waals surface area contributed by atoms with Gasteiger partial charge in [0.05, 0.1) is 11.3 Å². The van der Waals surface area contributed by atoms with Gasteiger partial charge in [0.2, 0.25) is 0 Å². The number of nitrogens with one attached hydrogen (secondary N) is 1. The van der Waals surface area contributed by atoms with Crippen LogP contribution in [-0.4, -0.2) is 20.8 Å². The summed E-state index contributed by atoms with van der Waals surface area (Å²) in [6, 6.07) is 3.30. The Labute approximate surface area is 116 Å². The molecule has 106 valence electrons. The topological polar surface area (TPSA) is 67.2 Å². The predicted octanol–water partition coefficient (Wildman–Crippen LogP) is 1.81. The third kappa shape index (κ3) is 2.64. The molecule has 1 heterocycles. The van der Waals surface area contributed by atoms with E-state index in [1.807, 2.05) is 20.9 Å². The first kappa shape index (κ1) is 14.0. The normalized spacial score (nSPS) is 10.6. The minimum absolute atomic E-state index is 0.0468. The number of phenolic OH excluding ortho intramolecular Hbond substituents is 1. The lowest BCUT2D eigenvalue weighted by Crippen LogP contribution is -2.23. The molecule has 1 aromatic heterocycles. The predicted molar refractivity (Wildman–Crippen MR) is 71.9 cm³/mol. The Bertz CT molecular complexity index is 665. The minimum Gasteiger partial charge on any atom is -0.507 e. The van der Waals surface area contributed by atoms with Gasteiger partial charge in [-0.25, -0.2) is 4.39 Å². The Balaban J connectivity index is 2.12. The largest absolute Gasteiger partial charge is 0.507 e. The number of amides is 1. The lowest BCUT2D eigenvalue weighted by atomic mass is 10.1. The SMILES string of the molecule is Cc1nn(C)c(C)c1CNC(=O)c1ccc(F)cc1O. The molecule has 0 bridgehead atoms. The molecule has 0 aliphatic carbocycles. The van der Waals surface area contributed by atoms with Gasteiger partial charge in [-0.15, -0.1) is 0 Å². The van der Waals surface area contributed by atoms with E-state index in [9.17, 15) is 14.3 Å². The fourth-order valence-corrected chi connectivity index (χ4v) is 2.03. The molecule has 0 saturated carbocycles. The minimum atomic E-state index is -0.585. The van der Waals surface area contributed by atoms with Gasteiger partial charge >= 0.3 is 0 Å². The summed E-state index contributed by atoms with van der Waals surface area (Å²) in [5.41, 5.74) is 2.79. The Morgan fingerprint density at radius 1 is 1.45 bits per heavy atom. The van der Waals surface area contributed by atoms with Crippen LogP contribution in [0.15, 0.2) is 18.2 Å². The number of benzene rings is 1. The molecular formula is C14H16FN3O2. The molecule has 0 spiro atoms. The number of aromatic hydroxyl groups is 1. The van der Waals surface area contributed by atoms with Gasteiger partial charge in [0.1, 0.15) is 11.6 Å². The Morgan fingerprint density at radius 2 is 2.15 bits per heavy atom. The maximum absolute atomic E-state index is 12.9. The number of aryl methyl sites for hydroxylation is 2. The molecule has 20 heavy (non-hydrogen) atoms. The molecule has 0 aliphatic rings. The van der Waals surface area contributed by atoms with Crippen molar-refractivity contribution in [2.45, 2.75) is 20.4 Å². The van der Waals surface area contributed by atoms with E-state index < -0.39 is 11.7 Å².